The number of rotatable bonds is 6. The third-order valence-corrected chi connectivity index (χ3v) is 4.75. The fourth-order valence-electron chi connectivity index (χ4n) is 1.98. The summed E-state index contributed by atoms with van der Waals surface area (Å²) in [5.74, 6) is 0. The molecule has 2 aromatic heterocycles. The van der Waals surface area contributed by atoms with Crippen LogP contribution in [0.5, 0.6) is 0 Å². The van der Waals surface area contributed by atoms with Crippen molar-refractivity contribution in [2.24, 2.45) is 0 Å². The van der Waals surface area contributed by atoms with Crippen LogP contribution in [0, 0.1) is 6.92 Å². The van der Waals surface area contributed by atoms with Crippen molar-refractivity contribution in [2.45, 2.75) is 37.4 Å². The predicted molar refractivity (Wildman–Crippen MR) is 78.2 cm³/mol. The number of anilines is 1. The molecular weight excluding hydrogens is 290 g/mol. The molecule has 3 N–H and O–H groups in total. The van der Waals surface area contributed by atoms with Crippen LogP contribution in [0.4, 0.5) is 5.69 Å². The van der Waals surface area contributed by atoms with Crippen LogP contribution in [0.15, 0.2) is 29.7 Å². The lowest BCUT2D eigenvalue weighted by atomic mass is 10.3. The van der Waals surface area contributed by atoms with Gasteiger partial charge in [-0.1, -0.05) is 0 Å². The molecule has 1 saturated carbocycles. The van der Waals surface area contributed by atoms with Gasteiger partial charge in [0, 0.05) is 30.5 Å². The van der Waals surface area contributed by atoms with Crippen molar-refractivity contribution in [3.05, 3.63) is 35.8 Å². The van der Waals surface area contributed by atoms with Crippen LogP contribution < -0.4 is 10.0 Å². The zero-order valence-corrected chi connectivity index (χ0v) is 12.4. The van der Waals surface area contributed by atoms with Crippen LogP contribution in [0.3, 0.4) is 0 Å². The Balaban J connectivity index is 1.81. The van der Waals surface area contributed by atoms with Gasteiger partial charge in [-0.3, -0.25) is 14.8 Å². The molecule has 0 saturated heterocycles. The topological polar surface area (TPSA) is 99.8 Å². The molecule has 0 radical (unpaired) electrons. The molecular formula is C13H17N5O2S. The summed E-state index contributed by atoms with van der Waals surface area (Å²) in [5, 5.41) is 9.82. The van der Waals surface area contributed by atoms with Crippen LogP contribution in [-0.2, 0) is 16.6 Å². The first-order valence-electron chi connectivity index (χ1n) is 6.75. The van der Waals surface area contributed by atoms with E-state index in [9.17, 15) is 8.42 Å². The van der Waals surface area contributed by atoms with Crippen molar-refractivity contribution in [1.29, 1.82) is 0 Å². The Labute approximate surface area is 123 Å². The Hall–Kier alpha value is -1.93. The van der Waals surface area contributed by atoms with E-state index < -0.39 is 10.0 Å². The molecule has 0 aliphatic heterocycles. The van der Waals surface area contributed by atoms with Gasteiger partial charge in [-0.05, 0) is 31.4 Å². The number of pyridine rings is 1. The summed E-state index contributed by atoms with van der Waals surface area (Å²) in [6.45, 7) is 2.29. The van der Waals surface area contributed by atoms with Gasteiger partial charge in [-0.15, -0.1) is 0 Å². The van der Waals surface area contributed by atoms with Gasteiger partial charge in [0.1, 0.15) is 0 Å². The Morgan fingerprint density at radius 3 is 2.90 bits per heavy atom. The van der Waals surface area contributed by atoms with Crippen molar-refractivity contribution >= 4 is 15.7 Å². The highest BCUT2D eigenvalue weighted by Crippen LogP contribution is 2.22. The van der Waals surface area contributed by atoms with Gasteiger partial charge in [-0.2, -0.15) is 13.5 Å². The lowest BCUT2D eigenvalue weighted by molar-refractivity contribution is 0.593. The van der Waals surface area contributed by atoms with Gasteiger partial charge in [0.2, 0.25) is 0 Å². The van der Waals surface area contributed by atoms with Crippen LogP contribution in [0.25, 0.3) is 0 Å². The van der Waals surface area contributed by atoms with Crippen LogP contribution >= 0.6 is 0 Å². The monoisotopic (exact) mass is 307 g/mol. The molecule has 0 unspecified atom stereocenters. The van der Waals surface area contributed by atoms with E-state index >= 15 is 0 Å². The van der Waals surface area contributed by atoms with Gasteiger partial charge in [0.15, 0.2) is 5.03 Å². The number of aromatic nitrogens is 3. The van der Waals surface area contributed by atoms with E-state index in [4.69, 9.17) is 0 Å². The van der Waals surface area contributed by atoms with E-state index in [1.165, 1.54) is 0 Å². The largest absolute Gasteiger partial charge is 0.310 e. The van der Waals surface area contributed by atoms with Crippen molar-refractivity contribution in [3.63, 3.8) is 0 Å². The number of H-pyrrole nitrogens is 1. The molecule has 1 aliphatic rings. The van der Waals surface area contributed by atoms with Crippen LogP contribution in [0.1, 0.15) is 24.0 Å². The van der Waals surface area contributed by atoms with Gasteiger partial charge < -0.3 is 5.32 Å². The van der Waals surface area contributed by atoms with E-state index in [0.29, 0.717) is 23.8 Å². The number of hydrogen-bond donors (Lipinski definition) is 3. The number of hydrogen-bond acceptors (Lipinski definition) is 5. The normalized spacial score (nSPS) is 15.1. The summed E-state index contributed by atoms with van der Waals surface area (Å²) < 4.78 is 27.5. The van der Waals surface area contributed by atoms with Crippen molar-refractivity contribution in [2.75, 3.05) is 4.72 Å². The number of aryl methyl sites for hydroxylation is 1. The third-order valence-electron chi connectivity index (χ3n) is 3.37. The van der Waals surface area contributed by atoms with Crippen LogP contribution in [0.2, 0.25) is 0 Å². The minimum atomic E-state index is -3.69. The third kappa shape index (κ3) is 3.22. The summed E-state index contributed by atoms with van der Waals surface area (Å²) in [6, 6.07) is 2.14. The summed E-state index contributed by atoms with van der Waals surface area (Å²) in [5.41, 5.74) is 1.92. The molecule has 0 bridgehead atoms. The average Bonchev–Trinajstić information content (AvgIpc) is 3.15. The smallest absolute Gasteiger partial charge is 0.279 e. The molecule has 0 spiro atoms. The number of aromatic amines is 1. The van der Waals surface area contributed by atoms with E-state index in [0.717, 1.165) is 18.4 Å². The second-order valence-electron chi connectivity index (χ2n) is 5.18. The van der Waals surface area contributed by atoms with E-state index in [2.05, 4.69) is 25.2 Å². The summed E-state index contributed by atoms with van der Waals surface area (Å²) in [7, 11) is -3.69. The minimum Gasteiger partial charge on any atom is -0.310 e. The molecule has 2 heterocycles. The first-order valence-corrected chi connectivity index (χ1v) is 8.23. The van der Waals surface area contributed by atoms with Gasteiger partial charge >= 0.3 is 0 Å². The van der Waals surface area contributed by atoms with Crippen LogP contribution in [-0.4, -0.2) is 29.6 Å². The number of sulfonamides is 1. The fraction of sp³-hybridized carbons (Fsp3) is 0.385. The number of nitrogens with one attached hydrogen (secondary N) is 3. The molecule has 112 valence electrons. The van der Waals surface area contributed by atoms with Crippen molar-refractivity contribution < 1.29 is 8.42 Å². The number of nitrogens with zero attached hydrogens (tertiary/aromatic N) is 2. The highest BCUT2D eigenvalue weighted by Gasteiger charge is 2.24. The maximum Gasteiger partial charge on any atom is 0.279 e. The van der Waals surface area contributed by atoms with E-state index in [1.54, 1.807) is 31.6 Å². The molecule has 3 rings (SSSR count). The molecule has 0 atom stereocenters. The minimum absolute atomic E-state index is 0.104. The fourth-order valence-corrected chi connectivity index (χ4v) is 3.25. The first kappa shape index (κ1) is 14.0. The Bertz CT molecular complexity index is 737. The zero-order chi connectivity index (χ0) is 14.9. The standard InChI is InChI=1S/C13H17N5O2S/c1-9-6-14-5-4-12(9)18-21(19,20)13-10(8-16-17-13)7-15-11-2-3-11/h4-6,8,11,15H,2-3,7H2,1H3,(H,14,18)(H,16,17). The lowest BCUT2D eigenvalue weighted by Gasteiger charge is -2.10. The molecule has 7 nitrogen and oxygen atoms in total. The maximum absolute atomic E-state index is 12.5. The Morgan fingerprint density at radius 2 is 2.19 bits per heavy atom. The van der Waals surface area contributed by atoms with Crippen molar-refractivity contribution in [1.82, 2.24) is 20.5 Å². The van der Waals surface area contributed by atoms with Gasteiger partial charge in [-0.25, -0.2) is 0 Å². The highest BCUT2D eigenvalue weighted by molar-refractivity contribution is 7.92. The molecule has 1 fully saturated rings. The SMILES string of the molecule is Cc1cnccc1NS(=O)(=O)c1[nH]ncc1CNC1CC1. The average molecular weight is 307 g/mol. The Morgan fingerprint density at radius 1 is 1.38 bits per heavy atom. The first-order chi connectivity index (χ1) is 10.1. The quantitative estimate of drug-likeness (QED) is 0.744. The molecule has 21 heavy (non-hydrogen) atoms. The van der Waals surface area contributed by atoms with E-state index in [-0.39, 0.29) is 5.03 Å². The highest BCUT2D eigenvalue weighted by atomic mass is 32.2. The molecule has 0 aromatic carbocycles. The molecule has 8 heteroatoms. The van der Waals surface area contributed by atoms with Crippen molar-refractivity contribution in [3.8, 4) is 0 Å². The molecule has 1 aliphatic carbocycles. The second kappa shape index (κ2) is 5.45. The summed E-state index contributed by atoms with van der Waals surface area (Å²) in [6.07, 6.45) is 7.00. The summed E-state index contributed by atoms with van der Waals surface area (Å²) in [4.78, 5) is 3.95. The molecule has 2 aromatic rings. The predicted octanol–water partition coefficient (Wildman–Crippen LogP) is 1.17. The second-order valence-corrected chi connectivity index (χ2v) is 6.79. The van der Waals surface area contributed by atoms with Gasteiger partial charge in [0.25, 0.3) is 10.0 Å². The van der Waals surface area contributed by atoms with Gasteiger partial charge in [0.05, 0.1) is 11.9 Å². The lowest BCUT2D eigenvalue weighted by Crippen LogP contribution is -2.20. The summed E-state index contributed by atoms with van der Waals surface area (Å²) >= 11 is 0. The maximum atomic E-state index is 12.5. The Kier molecular flexibility index (Phi) is 3.64. The zero-order valence-electron chi connectivity index (χ0n) is 11.6. The van der Waals surface area contributed by atoms with E-state index in [1.807, 2.05) is 0 Å². The molecule has 0 amide bonds.